The molecule has 0 aliphatic heterocycles. The van der Waals surface area contributed by atoms with Crippen LogP contribution in [0.25, 0.3) is 0 Å². The highest BCUT2D eigenvalue weighted by Crippen LogP contribution is 2.12. The lowest BCUT2D eigenvalue weighted by molar-refractivity contribution is -0.144. The molecule has 3 amide bonds. The van der Waals surface area contributed by atoms with E-state index in [4.69, 9.17) is 16.2 Å². The van der Waals surface area contributed by atoms with Gasteiger partial charge in [-0.15, -0.1) is 11.8 Å². The summed E-state index contributed by atoms with van der Waals surface area (Å²) < 4.78 is 4.75. The zero-order valence-corrected chi connectivity index (χ0v) is 11.3. The minimum absolute atomic E-state index is 0.289. The molecular formula is C10H19N3O4S. The highest BCUT2D eigenvalue weighted by atomic mass is 32.2. The van der Waals surface area contributed by atoms with Crippen LogP contribution < -0.4 is 16.8 Å². The highest BCUT2D eigenvalue weighted by molar-refractivity contribution is 8.00. The van der Waals surface area contributed by atoms with Crippen molar-refractivity contribution in [1.82, 2.24) is 5.32 Å². The van der Waals surface area contributed by atoms with Crippen molar-refractivity contribution in [3.63, 3.8) is 0 Å². The lowest BCUT2D eigenvalue weighted by Gasteiger charge is -2.12. The van der Waals surface area contributed by atoms with E-state index in [1.54, 1.807) is 13.8 Å². The summed E-state index contributed by atoms with van der Waals surface area (Å²) in [6.07, 6.45) is 0.400. The van der Waals surface area contributed by atoms with Gasteiger partial charge in [-0.05, 0) is 26.0 Å². The summed E-state index contributed by atoms with van der Waals surface area (Å²) in [5, 5.41) is 1.54. The van der Waals surface area contributed by atoms with Crippen LogP contribution >= 0.6 is 11.8 Å². The van der Waals surface area contributed by atoms with E-state index in [9.17, 15) is 14.4 Å². The first-order chi connectivity index (χ1) is 8.38. The van der Waals surface area contributed by atoms with Gasteiger partial charge < -0.3 is 16.2 Å². The Balaban J connectivity index is 3.86. The highest BCUT2D eigenvalue weighted by Gasteiger charge is 2.18. The van der Waals surface area contributed by atoms with Gasteiger partial charge in [-0.1, -0.05) is 0 Å². The number of rotatable bonds is 7. The van der Waals surface area contributed by atoms with Crippen LogP contribution in [0, 0.1) is 0 Å². The number of ether oxygens (including phenoxy) is 1. The third-order valence-corrected chi connectivity index (χ3v) is 3.19. The molecule has 0 saturated heterocycles. The molecule has 18 heavy (non-hydrogen) atoms. The normalized spacial score (nSPS) is 13.5. The van der Waals surface area contributed by atoms with Crippen LogP contribution in [0.1, 0.15) is 20.3 Å². The maximum absolute atomic E-state index is 11.3. The molecule has 0 bridgehead atoms. The smallest absolute Gasteiger partial charge is 0.322 e. The van der Waals surface area contributed by atoms with E-state index in [0.29, 0.717) is 12.2 Å². The number of nitrogens with one attached hydrogen (secondary N) is 1. The van der Waals surface area contributed by atoms with Crippen molar-refractivity contribution >= 4 is 29.7 Å². The van der Waals surface area contributed by atoms with Crippen LogP contribution in [-0.2, 0) is 14.3 Å². The van der Waals surface area contributed by atoms with E-state index in [0.717, 1.165) is 0 Å². The van der Waals surface area contributed by atoms with Crippen molar-refractivity contribution in [1.29, 1.82) is 0 Å². The fourth-order valence-electron chi connectivity index (χ4n) is 1.04. The van der Waals surface area contributed by atoms with Gasteiger partial charge in [0, 0.05) is 0 Å². The Morgan fingerprint density at radius 3 is 2.50 bits per heavy atom. The Labute approximate surface area is 110 Å². The minimum atomic E-state index is -0.879. The molecule has 0 heterocycles. The molecule has 0 spiro atoms. The number of hydrogen-bond donors (Lipinski definition) is 3. The van der Waals surface area contributed by atoms with Crippen molar-refractivity contribution in [2.45, 2.75) is 31.6 Å². The molecule has 0 fully saturated rings. The summed E-state index contributed by atoms with van der Waals surface area (Å²) in [6.45, 7) is 3.63. The quantitative estimate of drug-likeness (QED) is 0.543. The van der Waals surface area contributed by atoms with Crippen LogP contribution in [0.3, 0.4) is 0 Å². The van der Waals surface area contributed by atoms with Gasteiger partial charge in [-0.25, -0.2) is 4.79 Å². The van der Waals surface area contributed by atoms with Gasteiger partial charge >= 0.3 is 12.0 Å². The molecule has 0 rings (SSSR count). The number of carbonyl (C=O) groups is 3. The minimum Gasteiger partial charge on any atom is -0.465 e. The van der Waals surface area contributed by atoms with Crippen LogP contribution in [-0.4, -0.2) is 41.6 Å². The topological polar surface area (TPSA) is 125 Å². The standard InChI is InChI=1S/C10H19N3O4S/c1-3-17-9(15)7(11)4-5-18-6(2)8(14)13-10(12)16/h6-7H,3-5,11H2,1-2H3,(H3,12,13,14,16). The van der Waals surface area contributed by atoms with Gasteiger partial charge in [0.05, 0.1) is 11.9 Å². The first kappa shape index (κ1) is 16.7. The molecule has 0 aromatic rings. The Hall–Kier alpha value is -1.28. The van der Waals surface area contributed by atoms with Crippen molar-refractivity contribution in [3.8, 4) is 0 Å². The first-order valence-electron chi connectivity index (χ1n) is 5.52. The number of thioether (sulfide) groups is 1. The van der Waals surface area contributed by atoms with E-state index >= 15 is 0 Å². The monoisotopic (exact) mass is 277 g/mol. The predicted octanol–water partition coefficient (Wildman–Crippen LogP) is -0.416. The molecule has 0 saturated carbocycles. The zero-order valence-electron chi connectivity index (χ0n) is 10.5. The molecule has 2 unspecified atom stereocenters. The average Bonchev–Trinajstić information content (AvgIpc) is 2.27. The summed E-state index contributed by atoms with van der Waals surface area (Å²) in [7, 11) is 0. The van der Waals surface area contributed by atoms with Gasteiger partial charge in [0.1, 0.15) is 6.04 Å². The Kier molecular flexibility index (Phi) is 8.14. The van der Waals surface area contributed by atoms with Crippen LogP contribution in [0.4, 0.5) is 4.79 Å². The SMILES string of the molecule is CCOC(=O)C(N)CCSC(C)C(=O)NC(N)=O. The van der Waals surface area contributed by atoms with E-state index in [1.807, 2.05) is 5.32 Å². The number of nitrogens with two attached hydrogens (primary N) is 2. The van der Waals surface area contributed by atoms with Gasteiger partial charge in [-0.3, -0.25) is 14.9 Å². The number of amides is 3. The maximum Gasteiger partial charge on any atom is 0.322 e. The number of hydrogen-bond acceptors (Lipinski definition) is 6. The predicted molar refractivity (Wildman–Crippen MR) is 68.9 cm³/mol. The fourth-order valence-corrected chi connectivity index (χ4v) is 1.99. The molecule has 8 heteroatoms. The second-order valence-corrected chi connectivity index (χ2v) is 4.96. The molecule has 7 nitrogen and oxygen atoms in total. The molecule has 0 radical (unpaired) electrons. The zero-order chi connectivity index (χ0) is 14.1. The Bertz CT molecular complexity index is 311. The molecule has 0 aliphatic rings. The summed E-state index contributed by atoms with van der Waals surface area (Å²) in [5.41, 5.74) is 10.4. The molecular weight excluding hydrogens is 258 g/mol. The van der Waals surface area contributed by atoms with Crippen molar-refractivity contribution < 1.29 is 19.1 Å². The van der Waals surface area contributed by atoms with Gasteiger partial charge in [0.25, 0.3) is 0 Å². The van der Waals surface area contributed by atoms with Crippen molar-refractivity contribution in [2.24, 2.45) is 11.5 Å². The number of primary amides is 1. The van der Waals surface area contributed by atoms with E-state index < -0.39 is 29.2 Å². The van der Waals surface area contributed by atoms with E-state index in [-0.39, 0.29) is 6.61 Å². The van der Waals surface area contributed by atoms with Gasteiger partial charge in [-0.2, -0.15) is 0 Å². The average molecular weight is 277 g/mol. The van der Waals surface area contributed by atoms with Crippen LogP contribution in [0.15, 0.2) is 0 Å². The second kappa shape index (κ2) is 8.76. The number of urea groups is 1. The Morgan fingerprint density at radius 2 is 2.00 bits per heavy atom. The largest absolute Gasteiger partial charge is 0.465 e. The summed E-state index contributed by atoms with van der Waals surface area (Å²) in [4.78, 5) is 33.0. The fraction of sp³-hybridized carbons (Fsp3) is 0.700. The lowest BCUT2D eigenvalue weighted by Crippen LogP contribution is -2.39. The number of carbonyl (C=O) groups excluding carboxylic acids is 3. The van der Waals surface area contributed by atoms with Gasteiger partial charge in [0.15, 0.2) is 0 Å². The number of esters is 1. The summed E-state index contributed by atoms with van der Waals surface area (Å²) in [5.74, 6) is -0.405. The lowest BCUT2D eigenvalue weighted by atomic mass is 10.2. The second-order valence-electron chi connectivity index (χ2n) is 3.51. The maximum atomic E-state index is 11.3. The van der Waals surface area contributed by atoms with Gasteiger partial charge in [0.2, 0.25) is 5.91 Å². The van der Waals surface area contributed by atoms with Crippen molar-refractivity contribution in [2.75, 3.05) is 12.4 Å². The third-order valence-electron chi connectivity index (χ3n) is 2.00. The molecule has 2 atom stereocenters. The molecule has 5 N–H and O–H groups in total. The van der Waals surface area contributed by atoms with Crippen LogP contribution in [0.2, 0.25) is 0 Å². The first-order valence-corrected chi connectivity index (χ1v) is 6.57. The summed E-state index contributed by atoms with van der Waals surface area (Å²) >= 11 is 1.28. The third kappa shape index (κ3) is 7.13. The van der Waals surface area contributed by atoms with Crippen molar-refractivity contribution in [3.05, 3.63) is 0 Å². The Morgan fingerprint density at radius 1 is 1.39 bits per heavy atom. The molecule has 0 aromatic heterocycles. The van der Waals surface area contributed by atoms with E-state index in [2.05, 4.69) is 0 Å². The summed E-state index contributed by atoms with van der Waals surface area (Å²) in [6, 6.07) is -1.57. The number of imide groups is 1. The molecule has 0 aliphatic carbocycles. The molecule has 0 aromatic carbocycles. The van der Waals surface area contributed by atoms with E-state index in [1.165, 1.54) is 11.8 Å². The molecule has 104 valence electrons. The van der Waals surface area contributed by atoms with Crippen LogP contribution in [0.5, 0.6) is 0 Å².